The number of hydrazine groups is 1. The van der Waals surface area contributed by atoms with Gasteiger partial charge >= 0.3 is 0 Å². The van der Waals surface area contributed by atoms with Crippen LogP contribution in [0, 0.1) is 0 Å². The van der Waals surface area contributed by atoms with E-state index in [4.69, 9.17) is 5.84 Å². The maximum absolute atomic E-state index is 5.50. The molecule has 0 aliphatic heterocycles. The molecule has 0 aliphatic rings. The predicted molar refractivity (Wildman–Crippen MR) is 79.7 cm³/mol. The van der Waals surface area contributed by atoms with Crippen molar-refractivity contribution < 1.29 is 0 Å². The second-order valence-corrected chi connectivity index (χ2v) is 7.15. The van der Waals surface area contributed by atoms with E-state index in [-0.39, 0.29) is 5.92 Å². The Hall–Kier alpha value is -0.900. The van der Waals surface area contributed by atoms with Crippen molar-refractivity contribution in [1.29, 1.82) is 0 Å². The minimum atomic E-state index is 0.266. The largest absolute Gasteiger partial charge is 0.308 e. The Morgan fingerprint density at radius 1 is 1.26 bits per heavy atom. The zero-order valence-corrected chi connectivity index (χ0v) is 13.2. The van der Waals surface area contributed by atoms with Gasteiger partial charge in [-0.05, 0) is 23.9 Å². The van der Waals surface area contributed by atoms with E-state index in [2.05, 4.69) is 39.4 Å². The van der Waals surface area contributed by atoms with E-state index in [1.165, 1.54) is 18.1 Å². The third kappa shape index (κ3) is 3.35. The van der Waals surface area contributed by atoms with Crippen molar-refractivity contribution in [2.24, 2.45) is 5.84 Å². The lowest BCUT2D eigenvalue weighted by Gasteiger charge is -2.13. The molecule has 9 heteroatoms. The summed E-state index contributed by atoms with van der Waals surface area (Å²) in [7, 11) is 0. The van der Waals surface area contributed by atoms with Crippen LogP contribution in [-0.2, 0) is 0 Å². The lowest BCUT2D eigenvalue weighted by atomic mass is 10.1. The van der Waals surface area contributed by atoms with E-state index in [1.807, 2.05) is 6.26 Å². The number of nitrogen functional groups attached to an aromatic ring is 1. The lowest BCUT2D eigenvalue weighted by Crippen LogP contribution is -2.13. The number of anilines is 1. The number of aromatic nitrogens is 4. The normalized spacial score (nSPS) is 11.0. The molecule has 19 heavy (non-hydrogen) atoms. The molecule has 102 valence electrons. The van der Waals surface area contributed by atoms with Crippen LogP contribution in [-0.4, -0.2) is 26.4 Å². The van der Waals surface area contributed by atoms with Gasteiger partial charge in [-0.1, -0.05) is 36.9 Å². The first-order chi connectivity index (χ1) is 9.15. The van der Waals surface area contributed by atoms with Gasteiger partial charge in [0.15, 0.2) is 8.68 Å². The highest BCUT2D eigenvalue weighted by Gasteiger charge is 2.17. The standard InChI is InChI=1S/C10H14N6S3/c1-5(2)6-7(14-11)12-4-13-8(6)18-10-16-15-9(17-3)19-10/h4-5H,11H2,1-3H3,(H,12,13,14). The van der Waals surface area contributed by atoms with Crippen molar-refractivity contribution in [2.75, 3.05) is 11.7 Å². The number of nitrogens with zero attached hydrogens (tertiary/aromatic N) is 4. The summed E-state index contributed by atoms with van der Waals surface area (Å²) in [6, 6.07) is 0. The number of hydrogen-bond donors (Lipinski definition) is 2. The average molecular weight is 314 g/mol. The number of nitrogens with two attached hydrogens (primary N) is 1. The number of nitrogens with one attached hydrogen (secondary N) is 1. The fraction of sp³-hybridized carbons (Fsp3) is 0.400. The Balaban J connectivity index is 2.33. The topological polar surface area (TPSA) is 89.6 Å². The molecular formula is C10H14N6S3. The van der Waals surface area contributed by atoms with Crippen LogP contribution in [0.25, 0.3) is 0 Å². The second-order valence-electron chi connectivity index (χ2n) is 3.88. The molecule has 0 atom stereocenters. The fourth-order valence-electron chi connectivity index (χ4n) is 1.50. The molecule has 6 nitrogen and oxygen atoms in total. The summed E-state index contributed by atoms with van der Waals surface area (Å²) in [6.45, 7) is 4.16. The van der Waals surface area contributed by atoms with Gasteiger partial charge in [-0.3, -0.25) is 0 Å². The Labute approximate surface area is 124 Å². The summed E-state index contributed by atoms with van der Waals surface area (Å²) in [5, 5.41) is 9.07. The van der Waals surface area contributed by atoms with Crippen LogP contribution in [0.2, 0.25) is 0 Å². The Morgan fingerprint density at radius 2 is 2.00 bits per heavy atom. The molecule has 0 saturated heterocycles. The van der Waals surface area contributed by atoms with Crippen LogP contribution < -0.4 is 11.3 Å². The first-order valence-corrected chi connectivity index (χ1v) is 8.38. The van der Waals surface area contributed by atoms with Gasteiger partial charge in [0.1, 0.15) is 17.2 Å². The molecule has 0 fully saturated rings. The van der Waals surface area contributed by atoms with Crippen molar-refractivity contribution in [2.45, 2.75) is 33.5 Å². The van der Waals surface area contributed by atoms with Crippen LogP contribution in [0.15, 0.2) is 20.0 Å². The third-order valence-electron chi connectivity index (χ3n) is 2.31. The van der Waals surface area contributed by atoms with Crippen LogP contribution in [0.5, 0.6) is 0 Å². The van der Waals surface area contributed by atoms with Gasteiger partial charge in [-0.2, -0.15) is 0 Å². The zero-order chi connectivity index (χ0) is 13.8. The van der Waals surface area contributed by atoms with Gasteiger partial charge < -0.3 is 5.43 Å². The van der Waals surface area contributed by atoms with E-state index < -0.39 is 0 Å². The molecule has 0 aliphatic carbocycles. The smallest absolute Gasteiger partial charge is 0.181 e. The van der Waals surface area contributed by atoms with Crippen LogP contribution in [0.3, 0.4) is 0 Å². The molecule has 2 heterocycles. The first-order valence-electron chi connectivity index (χ1n) is 5.52. The summed E-state index contributed by atoms with van der Waals surface area (Å²) in [6.07, 6.45) is 3.48. The highest BCUT2D eigenvalue weighted by molar-refractivity contribution is 8.03. The summed E-state index contributed by atoms with van der Waals surface area (Å²) >= 11 is 4.63. The quantitative estimate of drug-likeness (QED) is 0.377. The van der Waals surface area contributed by atoms with Crippen molar-refractivity contribution in [3.8, 4) is 0 Å². The number of thioether (sulfide) groups is 1. The molecule has 2 rings (SSSR count). The molecule has 3 N–H and O–H groups in total. The maximum Gasteiger partial charge on any atom is 0.181 e. The van der Waals surface area contributed by atoms with Crippen molar-refractivity contribution in [1.82, 2.24) is 20.2 Å². The van der Waals surface area contributed by atoms with Gasteiger partial charge in [-0.15, -0.1) is 10.2 Å². The number of hydrogen-bond acceptors (Lipinski definition) is 9. The van der Waals surface area contributed by atoms with Gasteiger partial charge in [0.2, 0.25) is 0 Å². The van der Waals surface area contributed by atoms with E-state index in [9.17, 15) is 0 Å². The Morgan fingerprint density at radius 3 is 2.58 bits per heavy atom. The monoisotopic (exact) mass is 314 g/mol. The van der Waals surface area contributed by atoms with Crippen LogP contribution >= 0.6 is 34.9 Å². The molecular weight excluding hydrogens is 300 g/mol. The van der Waals surface area contributed by atoms with E-state index >= 15 is 0 Å². The minimum Gasteiger partial charge on any atom is -0.308 e. The number of rotatable bonds is 5. The highest BCUT2D eigenvalue weighted by atomic mass is 32.2. The average Bonchev–Trinajstić information content (AvgIpc) is 2.85. The molecule has 2 aromatic heterocycles. The highest BCUT2D eigenvalue weighted by Crippen LogP contribution is 2.37. The SMILES string of the molecule is CSc1nnc(Sc2ncnc(NN)c2C(C)C)s1. The van der Waals surface area contributed by atoms with Crippen LogP contribution in [0.4, 0.5) is 5.82 Å². The summed E-state index contributed by atoms with van der Waals surface area (Å²) in [4.78, 5) is 8.47. The molecule has 2 aromatic rings. The molecule has 0 bridgehead atoms. The van der Waals surface area contributed by atoms with Gasteiger partial charge in [0.05, 0.1) is 0 Å². The maximum atomic E-state index is 5.50. The summed E-state index contributed by atoms with van der Waals surface area (Å²) in [5.74, 6) is 6.42. The predicted octanol–water partition coefficient (Wildman–Crippen LogP) is 2.61. The second kappa shape index (κ2) is 6.51. The van der Waals surface area contributed by atoms with Crippen molar-refractivity contribution in [3.05, 3.63) is 11.9 Å². The van der Waals surface area contributed by atoms with E-state index in [0.717, 1.165) is 19.3 Å². The van der Waals surface area contributed by atoms with Gasteiger partial charge in [-0.25, -0.2) is 15.8 Å². The third-order valence-corrected chi connectivity index (χ3v) is 5.28. The van der Waals surface area contributed by atoms with Crippen molar-refractivity contribution in [3.63, 3.8) is 0 Å². The molecule has 0 amide bonds. The molecule has 0 aromatic carbocycles. The lowest BCUT2D eigenvalue weighted by molar-refractivity contribution is 0.803. The van der Waals surface area contributed by atoms with Crippen molar-refractivity contribution >= 4 is 40.7 Å². The van der Waals surface area contributed by atoms with E-state index in [1.54, 1.807) is 23.1 Å². The van der Waals surface area contributed by atoms with E-state index in [0.29, 0.717) is 5.82 Å². The first kappa shape index (κ1) is 14.5. The zero-order valence-electron chi connectivity index (χ0n) is 10.7. The van der Waals surface area contributed by atoms with Crippen LogP contribution in [0.1, 0.15) is 25.3 Å². The summed E-state index contributed by atoms with van der Waals surface area (Å²) in [5.41, 5.74) is 3.61. The molecule has 0 saturated carbocycles. The minimum absolute atomic E-state index is 0.266. The summed E-state index contributed by atoms with van der Waals surface area (Å²) < 4.78 is 1.81. The Kier molecular flexibility index (Phi) is 4.97. The Bertz CT molecular complexity index is 556. The molecule has 0 radical (unpaired) electrons. The van der Waals surface area contributed by atoms with Gasteiger partial charge in [0.25, 0.3) is 0 Å². The fourth-order valence-corrected chi connectivity index (χ4v) is 4.09. The molecule has 0 unspecified atom stereocenters. The molecule has 0 spiro atoms. The van der Waals surface area contributed by atoms with Gasteiger partial charge in [0, 0.05) is 5.56 Å².